The van der Waals surface area contributed by atoms with Crippen LogP contribution in [0.3, 0.4) is 0 Å². The van der Waals surface area contributed by atoms with Gasteiger partial charge < -0.3 is 0 Å². The molecule has 9 aromatic rings. The van der Waals surface area contributed by atoms with Gasteiger partial charge in [-0.15, -0.1) is 0 Å². The molecule has 0 N–H and O–H groups in total. The van der Waals surface area contributed by atoms with Crippen molar-refractivity contribution in [2.45, 2.75) is 298 Å². The van der Waals surface area contributed by atoms with E-state index in [0.717, 1.165) is 159 Å². The molecule has 9 aliphatic carbocycles. The van der Waals surface area contributed by atoms with E-state index < -0.39 is 34.9 Å². The fourth-order valence-electron chi connectivity index (χ4n) is 19.3. The first-order valence-corrected chi connectivity index (χ1v) is 45.1. The standard InChI is InChI=1S/C12H13F3.4C12H14F2.3C12H15F.C12H16/c1-6-3-4-8-9(5-6)12(15)11(14)7(2)10(8)13;1-7-3-4-10-9(5-7)6-11(13)8(2)12(10)14;2*1-7-3-4-9-10(5-7)11(13)6-8(2)12(9)14;1-7-3-4-9-6-8(2)11(13)12(14)10(9)5-7;1-8-3-6-11-10(7-8)5-4-9(2)12(11)13;1-8-3-4-10-5-9(2)7-12(13)11(10)6-8;1-8-3-4-10-6-9(2)12(13)7-11(10)5-8;1-9-3-5-12-8-10(2)4-6-11(12)7-9/h6H,3-5H2,1-2H3;4*6-7H,3-5H2,1-2H3;4-5,8H,3,6-7H2,1-2H3;5,7-8H,3-4,6H2,1-2H3;6-8H,3-5H2,1-2H3;3,5,7,10H,4,6,8H2,1-2H3. The van der Waals surface area contributed by atoms with E-state index in [2.05, 4.69) is 92.6 Å². The van der Waals surface area contributed by atoms with E-state index in [1.165, 1.54) is 92.0 Å². The lowest BCUT2D eigenvalue weighted by molar-refractivity contribution is 0.425. The highest BCUT2D eigenvalue weighted by Crippen LogP contribution is 2.39. The fraction of sp³-hybridized carbons (Fsp3) is 0.500. The van der Waals surface area contributed by atoms with Gasteiger partial charge in [-0.25, -0.2) is 61.5 Å². The predicted molar refractivity (Wildman–Crippen MR) is 471 cm³/mol. The Morgan fingerprint density at radius 3 is 1.04 bits per heavy atom. The molecule has 14 heteroatoms. The molecule has 0 bridgehead atoms. The molecule has 9 atom stereocenters. The molecule has 0 amide bonds. The molecular weight excluding hydrogens is 1560 g/mol. The minimum Gasteiger partial charge on any atom is -0.207 e. The molecule has 0 heterocycles. The minimum absolute atomic E-state index is 0.00144. The Morgan fingerprint density at radius 2 is 0.516 bits per heavy atom. The van der Waals surface area contributed by atoms with E-state index >= 15 is 0 Å². The molecular formula is C108H130F14. The van der Waals surface area contributed by atoms with Crippen LogP contribution in [0.4, 0.5) is 61.5 Å². The number of halogens is 14. The monoisotopic (exact) mass is 1690 g/mol. The number of aryl methyl sites for hydroxylation is 11. The molecule has 18 rings (SSSR count). The molecule has 0 saturated heterocycles. The van der Waals surface area contributed by atoms with Crippen molar-refractivity contribution in [1.29, 1.82) is 0 Å². The van der Waals surface area contributed by atoms with Crippen LogP contribution in [0.15, 0.2) is 78.9 Å². The molecule has 0 aliphatic heterocycles. The maximum atomic E-state index is 13.6. The first kappa shape index (κ1) is 96.2. The maximum Gasteiger partial charge on any atom is 0.164 e. The number of hydrogen-bond acceptors (Lipinski definition) is 0. The van der Waals surface area contributed by atoms with E-state index in [0.29, 0.717) is 131 Å². The van der Waals surface area contributed by atoms with Crippen LogP contribution in [-0.2, 0) is 116 Å². The average molecular weight is 1690 g/mol. The summed E-state index contributed by atoms with van der Waals surface area (Å²) in [5.74, 6) is -0.112. The molecule has 122 heavy (non-hydrogen) atoms. The van der Waals surface area contributed by atoms with E-state index in [4.69, 9.17) is 0 Å². The summed E-state index contributed by atoms with van der Waals surface area (Å²) in [6.45, 7) is 34.8. The first-order valence-electron chi connectivity index (χ1n) is 45.1. The Bertz CT molecular complexity index is 5100. The summed E-state index contributed by atoms with van der Waals surface area (Å²) in [5.41, 5.74) is 21.7. The summed E-state index contributed by atoms with van der Waals surface area (Å²) in [5, 5.41) is 0. The molecule has 0 aromatic heterocycles. The van der Waals surface area contributed by atoms with Crippen molar-refractivity contribution < 1.29 is 61.5 Å². The normalized spacial score (nSPS) is 21.0. The van der Waals surface area contributed by atoms with E-state index in [9.17, 15) is 61.5 Å². The van der Waals surface area contributed by atoms with Gasteiger partial charge in [0.15, 0.2) is 23.3 Å². The van der Waals surface area contributed by atoms with Crippen molar-refractivity contribution in [2.75, 3.05) is 0 Å². The molecule has 0 saturated carbocycles. The van der Waals surface area contributed by atoms with Gasteiger partial charge in [-0.1, -0.05) is 116 Å². The van der Waals surface area contributed by atoms with E-state index in [1.807, 2.05) is 39.8 Å². The van der Waals surface area contributed by atoms with Crippen LogP contribution in [0.2, 0.25) is 0 Å². The Kier molecular flexibility index (Phi) is 33.7. The highest BCUT2D eigenvalue weighted by atomic mass is 19.2. The second-order valence-corrected chi connectivity index (χ2v) is 38.3. The van der Waals surface area contributed by atoms with Gasteiger partial charge in [0.1, 0.15) is 58.2 Å². The highest BCUT2D eigenvalue weighted by Gasteiger charge is 2.31. The third-order valence-corrected chi connectivity index (χ3v) is 27.1. The van der Waals surface area contributed by atoms with Crippen molar-refractivity contribution in [3.8, 4) is 0 Å². The van der Waals surface area contributed by atoms with E-state index in [-0.39, 0.29) is 63.2 Å². The lowest BCUT2D eigenvalue weighted by Gasteiger charge is -2.23. The molecule has 0 nitrogen and oxygen atoms in total. The topological polar surface area (TPSA) is 0 Å². The van der Waals surface area contributed by atoms with Gasteiger partial charge in [-0.05, 0) is 453 Å². The van der Waals surface area contributed by atoms with Crippen molar-refractivity contribution in [3.05, 3.63) is 311 Å². The maximum absolute atomic E-state index is 13.6. The summed E-state index contributed by atoms with van der Waals surface area (Å²) < 4.78 is 189. The molecule has 660 valence electrons. The van der Waals surface area contributed by atoms with Crippen molar-refractivity contribution >= 4 is 0 Å². The Hall–Kier alpha value is -8.00. The van der Waals surface area contributed by atoms with Crippen LogP contribution in [0, 0.1) is 197 Å². The van der Waals surface area contributed by atoms with Gasteiger partial charge in [0, 0.05) is 11.1 Å². The second kappa shape index (κ2) is 42.8. The zero-order valence-corrected chi connectivity index (χ0v) is 75.6. The van der Waals surface area contributed by atoms with Gasteiger partial charge in [0.05, 0.1) is 0 Å². The van der Waals surface area contributed by atoms with Crippen LogP contribution in [0.25, 0.3) is 0 Å². The largest absolute Gasteiger partial charge is 0.207 e. The Balaban J connectivity index is 0.000000144. The van der Waals surface area contributed by atoms with Crippen LogP contribution < -0.4 is 0 Å². The number of rotatable bonds is 0. The molecule has 9 aromatic carbocycles. The third-order valence-electron chi connectivity index (χ3n) is 27.1. The minimum atomic E-state index is -1.03. The Morgan fingerprint density at radius 1 is 0.180 bits per heavy atom. The number of benzene rings is 9. The zero-order chi connectivity index (χ0) is 89.2. The van der Waals surface area contributed by atoms with Crippen molar-refractivity contribution in [1.82, 2.24) is 0 Å². The quantitative estimate of drug-likeness (QED) is 0.105. The van der Waals surface area contributed by atoms with Gasteiger partial charge in [-0.3, -0.25) is 0 Å². The second-order valence-electron chi connectivity index (χ2n) is 38.3. The fourth-order valence-corrected chi connectivity index (χ4v) is 19.3. The smallest absolute Gasteiger partial charge is 0.164 e. The summed E-state index contributed by atoms with van der Waals surface area (Å²) in [6, 6.07) is 24.3. The average Bonchev–Trinajstić information content (AvgIpc) is 0.776. The molecule has 9 unspecified atom stereocenters. The Labute approximate surface area is 719 Å². The summed E-state index contributed by atoms with van der Waals surface area (Å²) in [4.78, 5) is 0. The molecule has 0 fully saturated rings. The van der Waals surface area contributed by atoms with Gasteiger partial charge in [0.25, 0.3) is 0 Å². The predicted octanol–water partition coefficient (Wildman–Crippen LogP) is 30.0. The first-order chi connectivity index (χ1) is 57.7. The van der Waals surface area contributed by atoms with Crippen LogP contribution in [0.5, 0.6) is 0 Å². The van der Waals surface area contributed by atoms with Crippen molar-refractivity contribution in [3.63, 3.8) is 0 Å². The molecule has 0 radical (unpaired) electrons. The lowest BCUT2D eigenvalue weighted by atomic mass is 9.83. The van der Waals surface area contributed by atoms with Gasteiger partial charge in [-0.2, -0.15) is 0 Å². The number of hydrogen-bond donors (Lipinski definition) is 0. The van der Waals surface area contributed by atoms with Crippen LogP contribution in [0.1, 0.15) is 270 Å². The van der Waals surface area contributed by atoms with Gasteiger partial charge in [0.2, 0.25) is 0 Å². The van der Waals surface area contributed by atoms with Crippen molar-refractivity contribution in [2.24, 2.45) is 53.3 Å². The van der Waals surface area contributed by atoms with E-state index in [1.54, 1.807) is 50.1 Å². The third kappa shape index (κ3) is 24.2. The summed E-state index contributed by atoms with van der Waals surface area (Å²) in [7, 11) is 0. The molecule has 9 aliphatic rings. The summed E-state index contributed by atoms with van der Waals surface area (Å²) in [6.07, 6.45) is 25.3. The van der Waals surface area contributed by atoms with Gasteiger partial charge >= 0.3 is 0 Å². The zero-order valence-electron chi connectivity index (χ0n) is 75.6. The van der Waals surface area contributed by atoms with Crippen LogP contribution in [-0.4, -0.2) is 0 Å². The lowest BCUT2D eigenvalue weighted by Crippen LogP contribution is -2.17. The van der Waals surface area contributed by atoms with Crippen LogP contribution >= 0.6 is 0 Å². The SMILES string of the molecule is Cc1c(F)c(F)c2c(c1F)CCC(C)C2.Cc1c(F)cc2c(c1F)CCC(C)C2.Cc1cc(F)c2c(c1)CCC(C)C2.Cc1cc(F)c2c(c1F)CCC(C)C2.Cc1cc(F)c2c(c1F)CCC(C)C2.Cc1cc2c(c(F)c1F)CC(C)CC2.Cc1cc2c(cc1F)CC(C)CC2.Cc1ccc2c(c1)CCC(C)C2.Cc1ccc2c(c1F)CCC(C)C2. The number of fused-ring (bicyclic) bond motifs is 9. The highest BCUT2D eigenvalue weighted by molar-refractivity contribution is 5.44. The summed E-state index contributed by atoms with van der Waals surface area (Å²) >= 11 is 0. The molecule has 0 spiro atoms.